The lowest BCUT2D eigenvalue weighted by Crippen LogP contribution is -2.42. The monoisotopic (exact) mass is 339 g/mol. The van der Waals surface area contributed by atoms with Crippen LogP contribution < -0.4 is 0 Å². The Bertz CT molecular complexity index is 757. The predicted octanol–water partition coefficient (Wildman–Crippen LogP) is 2.56. The first-order valence-corrected chi connectivity index (χ1v) is 9.15. The van der Waals surface area contributed by atoms with Gasteiger partial charge in [-0.15, -0.1) is 0 Å². The number of likely N-dealkylation sites (tertiary alicyclic amines) is 2. The summed E-state index contributed by atoms with van der Waals surface area (Å²) in [6.07, 6.45) is 5.38. The topological polar surface area (TPSA) is 45.7 Å². The molecule has 2 saturated heterocycles. The van der Waals surface area contributed by atoms with Crippen molar-refractivity contribution >= 4 is 16.8 Å². The number of benzene rings is 1. The molecule has 2 aliphatic rings. The Hall–Kier alpha value is -1.98. The van der Waals surface area contributed by atoms with Crippen LogP contribution in [0.1, 0.15) is 29.6 Å². The van der Waals surface area contributed by atoms with Crippen molar-refractivity contribution in [2.45, 2.75) is 31.4 Å². The number of fused-ring (bicyclic) bond motifs is 1. The fourth-order valence-corrected chi connectivity index (χ4v) is 4.10. The molecule has 5 nitrogen and oxygen atoms in total. The molecule has 2 atom stereocenters. The van der Waals surface area contributed by atoms with Crippen LogP contribution >= 0.6 is 0 Å². The molecule has 2 fully saturated rings. The van der Waals surface area contributed by atoms with Gasteiger partial charge in [-0.1, -0.05) is 6.07 Å². The number of nitrogens with zero attached hydrogens (tertiary/aromatic N) is 3. The van der Waals surface area contributed by atoms with Gasteiger partial charge in [0, 0.05) is 43.4 Å². The average Bonchev–Trinajstić information content (AvgIpc) is 3.31. The van der Waals surface area contributed by atoms with E-state index in [9.17, 15) is 4.79 Å². The largest absolute Gasteiger partial charge is 0.380 e. The summed E-state index contributed by atoms with van der Waals surface area (Å²) in [7, 11) is 1.74. The van der Waals surface area contributed by atoms with Gasteiger partial charge in [0.05, 0.1) is 11.6 Å². The molecule has 0 radical (unpaired) electrons. The fraction of sp³-hybridized carbons (Fsp3) is 0.500. The molecule has 1 aromatic carbocycles. The standard InChI is InChI=1S/C20H25N3O2/c1-25-18-12-17(13-22-9-2-3-10-22)23(14-18)20(24)16-6-7-19-15(11-16)5-4-8-21-19/h4-8,11,17-18H,2-3,9-10,12-14H2,1H3/t17-,18-/m0/s1. The summed E-state index contributed by atoms with van der Waals surface area (Å²) in [4.78, 5) is 22.0. The molecule has 0 bridgehead atoms. The number of pyridine rings is 1. The number of carbonyl (C=O) groups is 1. The van der Waals surface area contributed by atoms with Gasteiger partial charge < -0.3 is 14.5 Å². The Kier molecular flexibility index (Phi) is 4.68. The second kappa shape index (κ2) is 7.10. The first-order chi connectivity index (χ1) is 12.2. The van der Waals surface area contributed by atoms with Crippen molar-refractivity contribution in [3.63, 3.8) is 0 Å². The summed E-state index contributed by atoms with van der Waals surface area (Å²) in [6, 6.07) is 9.93. The third-order valence-electron chi connectivity index (χ3n) is 5.49. The number of methoxy groups -OCH3 is 1. The van der Waals surface area contributed by atoms with Crippen molar-refractivity contribution in [2.75, 3.05) is 33.3 Å². The van der Waals surface area contributed by atoms with E-state index in [-0.39, 0.29) is 18.1 Å². The molecule has 0 spiro atoms. The number of aromatic nitrogens is 1. The number of ether oxygens (including phenoxy) is 1. The predicted molar refractivity (Wildman–Crippen MR) is 97.7 cm³/mol. The van der Waals surface area contributed by atoms with E-state index in [1.165, 1.54) is 12.8 Å². The molecular weight excluding hydrogens is 314 g/mol. The van der Waals surface area contributed by atoms with E-state index in [4.69, 9.17) is 4.74 Å². The Morgan fingerprint density at radius 1 is 1.28 bits per heavy atom. The third kappa shape index (κ3) is 3.39. The zero-order valence-electron chi connectivity index (χ0n) is 14.7. The van der Waals surface area contributed by atoms with Crippen LogP contribution in [0.15, 0.2) is 36.5 Å². The minimum Gasteiger partial charge on any atom is -0.380 e. The molecule has 2 aliphatic heterocycles. The molecule has 0 saturated carbocycles. The van der Waals surface area contributed by atoms with E-state index in [0.717, 1.165) is 42.5 Å². The zero-order chi connectivity index (χ0) is 17.2. The molecule has 0 N–H and O–H groups in total. The van der Waals surface area contributed by atoms with Gasteiger partial charge in [0.25, 0.3) is 5.91 Å². The molecule has 4 rings (SSSR count). The van der Waals surface area contributed by atoms with Crippen molar-refractivity contribution < 1.29 is 9.53 Å². The van der Waals surface area contributed by atoms with E-state index >= 15 is 0 Å². The zero-order valence-corrected chi connectivity index (χ0v) is 14.7. The quantitative estimate of drug-likeness (QED) is 0.859. The molecule has 3 heterocycles. The van der Waals surface area contributed by atoms with Gasteiger partial charge in [0.1, 0.15) is 0 Å². The van der Waals surface area contributed by atoms with E-state index in [2.05, 4.69) is 9.88 Å². The van der Waals surface area contributed by atoms with Crippen LogP contribution in [0.5, 0.6) is 0 Å². The highest BCUT2D eigenvalue weighted by Crippen LogP contribution is 2.25. The minimum absolute atomic E-state index is 0.106. The van der Waals surface area contributed by atoms with Crippen molar-refractivity contribution in [3.8, 4) is 0 Å². The Morgan fingerprint density at radius 2 is 2.12 bits per heavy atom. The SMILES string of the molecule is CO[C@H]1C[C@@H](CN2CCCC2)N(C(=O)c2ccc3ncccc3c2)C1. The van der Waals surface area contributed by atoms with Gasteiger partial charge in [0.2, 0.25) is 0 Å². The minimum atomic E-state index is 0.106. The molecule has 1 amide bonds. The van der Waals surface area contributed by atoms with Gasteiger partial charge >= 0.3 is 0 Å². The summed E-state index contributed by atoms with van der Waals surface area (Å²) in [6.45, 7) is 3.94. The molecule has 5 heteroatoms. The van der Waals surface area contributed by atoms with Crippen LogP contribution in [0, 0.1) is 0 Å². The van der Waals surface area contributed by atoms with Gasteiger partial charge in [-0.05, 0) is 56.6 Å². The smallest absolute Gasteiger partial charge is 0.254 e. The molecule has 1 aromatic heterocycles. The third-order valence-corrected chi connectivity index (χ3v) is 5.49. The summed E-state index contributed by atoms with van der Waals surface area (Å²) in [5, 5.41) is 1.01. The number of hydrogen-bond acceptors (Lipinski definition) is 4. The molecule has 132 valence electrons. The maximum Gasteiger partial charge on any atom is 0.254 e. The Morgan fingerprint density at radius 3 is 2.92 bits per heavy atom. The van der Waals surface area contributed by atoms with Crippen LogP contribution in [0.3, 0.4) is 0 Å². The highest BCUT2D eigenvalue weighted by atomic mass is 16.5. The first-order valence-electron chi connectivity index (χ1n) is 9.15. The van der Waals surface area contributed by atoms with Crippen molar-refractivity contribution in [2.24, 2.45) is 0 Å². The molecule has 25 heavy (non-hydrogen) atoms. The molecule has 2 aromatic rings. The lowest BCUT2D eigenvalue weighted by Gasteiger charge is -2.28. The number of amides is 1. The van der Waals surface area contributed by atoms with Gasteiger partial charge in [-0.3, -0.25) is 9.78 Å². The van der Waals surface area contributed by atoms with Crippen LogP contribution in [-0.4, -0.2) is 66.1 Å². The van der Waals surface area contributed by atoms with Gasteiger partial charge in [-0.2, -0.15) is 0 Å². The van der Waals surface area contributed by atoms with Crippen LogP contribution in [-0.2, 0) is 4.74 Å². The van der Waals surface area contributed by atoms with Gasteiger partial charge in [-0.25, -0.2) is 0 Å². The summed E-state index contributed by atoms with van der Waals surface area (Å²) < 4.78 is 5.57. The normalized spacial score (nSPS) is 24.3. The van der Waals surface area contributed by atoms with E-state index in [1.54, 1.807) is 13.3 Å². The maximum atomic E-state index is 13.2. The van der Waals surface area contributed by atoms with Crippen molar-refractivity contribution in [1.29, 1.82) is 0 Å². The van der Waals surface area contributed by atoms with Crippen molar-refractivity contribution in [3.05, 3.63) is 42.1 Å². The average molecular weight is 339 g/mol. The lowest BCUT2D eigenvalue weighted by atomic mass is 10.1. The Balaban J connectivity index is 1.56. The van der Waals surface area contributed by atoms with Crippen LogP contribution in [0.4, 0.5) is 0 Å². The second-order valence-electron chi connectivity index (χ2n) is 7.12. The lowest BCUT2D eigenvalue weighted by molar-refractivity contribution is 0.0670. The summed E-state index contributed by atoms with van der Waals surface area (Å²) in [5.74, 6) is 0.106. The van der Waals surface area contributed by atoms with Gasteiger partial charge in [0.15, 0.2) is 0 Å². The van der Waals surface area contributed by atoms with Crippen LogP contribution in [0.25, 0.3) is 10.9 Å². The molecule has 0 aliphatic carbocycles. The van der Waals surface area contributed by atoms with E-state index in [0.29, 0.717) is 6.54 Å². The van der Waals surface area contributed by atoms with Crippen LogP contribution in [0.2, 0.25) is 0 Å². The van der Waals surface area contributed by atoms with E-state index in [1.807, 2.05) is 35.2 Å². The number of rotatable bonds is 4. The highest BCUT2D eigenvalue weighted by Gasteiger charge is 2.37. The number of carbonyl (C=O) groups excluding carboxylic acids is 1. The number of hydrogen-bond donors (Lipinski definition) is 0. The van der Waals surface area contributed by atoms with E-state index < -0.39 is 0 Å². The maximum absolute atomic E-state index is 13.2. The van der Waals surface area contributed by atoms with Crippen molar-refractivity contribution in [1.82, 2.24) is 14.8 Å². The fourth-order valence-electron chi connectivity index (χ4n) is 4.10. The second-order valence-corrected chi connectivity index (χ2v) is 7.12. The summed E-state index contributed by atoms with van der Waals surface area (Å²) >= 11 is 0. The Labute approximate surface area is 148 Å². The first kappa shape index (κ1) is 16.5. The molecular formula is C20H25N3O2. The molecule has 0 unspecified atom stereocenters. The highest BCUT2D eigenvalue weighted by molar-refractivity contribution is 5.98. The summed E-state index contributed by atoms with van der Waals surface area (Å²) in [5.41, 5.74) is 1.66.